The molecule has 0 atom stereocenters. The first-order valence-corrected chi connectivity index (χ1v) is 2.98. The van der Waals surface area contributed by atoms with Crippen LogP contribution in [0.3, 0.4) is 0 Å². The van der Waals surface area contributed by atoms with E-state index in [2.05, 4.69) is 10.1 Å². The Bertz CT molecular complexity index is 300. The Morgan fingerprint density at radius 2 is 2.50 bits per heavy atom. The van der Waals surface area contributed by atoms with Crippen molar-refractivity contribution in [2.24, 2.45) is 4.99 Å². The van der Waals surface area contributed by atoms with Crippen molar-refractivity contribution in [3.8, 4) is 0 Å². The second-order valence-electron chi connectivity index (χ2n) is 2.01. The number of aromatic nitrogens is 2. The van der Waals surface area contributed by atoms with Gasteiger partial charge >= 0.3 is 0 Å². The lowest BCUT2D eigenvalue weighted by molar-refractivity contribution is 0.0908. The molecule has 1 aliphatic rings. The van der Waals surface area contributed by atoms with E-state index in [4.69, 9.17) is 0 Å². The third-order valence-corrected chi connectivity index (χ3v) is 1.35. The Kier molecular flexibility index (Phi) is 0.943. The molecule has 50 valence electrons. The van der Waals surface area contributed by atoms with Crippen LogP contribution in [0.2, 0.25) is 0 Å². The fraction of sp³-hybridized carbons (Fsp3) is 0.167. The van der Waals surface area contributed by atoms with Gasteiger partial charge in [0.05, 0.1) is 12.6 Å². The van der Waals surface area contributed by atoms with E-state index in [1.54, 1.807) is 18.5 Å². The van der Waals surface area contributed by atoms with Gasteiger partial charge in [0.15, 0.2) is 5.82 Å². The quantitative estimate of drug-likeness (QED) is 0.523. The molecule has 0 saturated carbocycles. The van der Waals surface area contributed by atoms with Crippen molar-refractivity contribution in [2.45, 2.75) is 6.42 Å². The Labute approximate surface area is 57.2 Å². The number of hydrogen-bond donors (Lipinski definition) is 0. The van der Waals surface area contributed by atoms with E-state index in [0.717, 1.165) is 0 Å². The van der Waals surface area contributed by atoms with Gasteiger partial charge in [-0.05, 0) is 0 Å². The first kappa shape index (κ1) is 5.34. The maximum atomic E-state index is 11.0. The molecule has 10 heavy (non-hydrogen) atoms. The standard InChI is InChI=1S/C6H5N3O/c10-6-2-3-7-5-1-4-8-9(5)6/h1,3-4H,2H2. The molecule has 0 N–H and O–H groups in total. The zero-order chi connectivity index (χ0) is 6.97. The number of rotatable bonds is 0. The summed E-state index contributed by atoms with van der Waals surface area (Å²) in [5.74, 6) is 0.603. The molecule has 0 bridgehead atoms. The van der Waals surface area contributed by atoms with Crippen molar-refractivity contribution in [2.75, 3.05) is 0 Å². The number of fused-ring (bicyclic) bond motifs is 1. The third-order valence-electron chi connectivity index (χ3n) is 1.35. The van der Waals surface area contributed by atoms with E-state index in [9.17, 15) is 4.79 Å². The normalized spacial score (nSPS) is 15.4. The molecular formula is C6H5N3O. The molecule has 0 aliphatic carbocycles. The summed E-state index contributed by atoms with van der Waals surface area (Å²) in [6, 6.07) is 1.70. The lowest BCUT2D eigenvalue weighted by atomic mass is 10.4. The van der Waals surface area contributed by atoms with Crippen LogP contribution >= 0.6 is 0 Å². The molecule has 0 amide bonds. The van der Waals surface area contributed by atoms with Gasteiger partial charge in [0, 0.05) is 12.3 Å². The fourth-order valence-corrected chi connectivity index (χ4v) is 0.890. The van der Waals surface area contributed by atoms with Crippen molar-refractivity contribution in [3.63, 3.8) is 0 Å². The summed E-state index contributed by atoms with van der Waals surface area (Å²) in [7, 11) is 0. The molecule has 0 fully saturated rings. The first-order chi connectivity index (χ1) is 4.88. The van der Waals surface area contributed by atoms with Crippen LogP contribution in [0, 0.1) is 0 Å². The molecule has 0 spiro atoms. The largest absolute Gasteiger partial charge is 0.272 e. The highest BCUT2D eigenvalue weighted by Gasteiger charge is 2.11. The Morgan fingerprint density at radius 3 is 3.30 bits per heavy atom. The molecule has 0 aromatic carbocycles. The SMILES string of the molecule is O=C1CC=Nc2ccnn21. The van der Waals surface area contributed by atoms with E-state index in [-0.39, 0.29) is 5.91 Å². The van der Waals surface area contributed by atoms with Crippen molar-refractivity contribution in [1.82, 2.24) is 9.78 Å². The summed E-state index contributed by atoms with van der Waals surface area (Å²) in [6.45, 7) is 0. The highest BCUT2D eigenvalue weighted by atomic mass is 16.2. The van der Waals surface area contributed by atoms with Gasteiger partial charge in [-0.25, -0.2) is 4.99 Å². The van der Waals surface area contributed by atoms with Gasteiger partial charge in [-0.3, -0.25) is 4.79 Å². The average Bonchev–Trinajstić information content (AvgIpc) is 2.36. The second kappa shape index (κ2) is 1.76. The summed E-state index contributed by atoms with van der Waals surface area (Å²) in [6.07, 6.45) is 3.52. The van der Waals surface area contributed by atoms with Gasteiger partial charge in [-0.15, -0.1) is 0 Å². The Hall–Kier alpha value is -1.45. The third kappa shape index (κ3) is 0.586. The average molecular weight is 135 g/mol. The van der Waals surface area contributed by atoms with Crippen LogP contribution in [0.4, 0.5) is 5.82 Å². The molecular weight excluding hydrogens is 130 g/mol. The van der Waals surface area contributed by atoms with Crippen LogP contribution in [-0.2, 0) is 0 Å². The topological polar surface area (TPSA) is 47.2 Å². The molecule has 2 heterocycles. The molecule has 4 heteroatoms. The van der Waals surface area contributed by atoms with Crippen LogP contribution in [0.15, 0.2) is 17.3 Å². The van der Waals surface area contributed by atoms with Crippen LogP contribution in [-0.4, -0.2) is 21.9 Å². The zero-order valence-corrected chi connectivity index (χ0v) is 5.19. The summed E-state index contributed by atoms with van der Waals surface area (Å²) < 4.78 is 1.31. The number of aliphatic imine (C=N–C) groups is 1. The van der Waals surface area contributed by atoms with E-state index in [0.29, 0.717) is 12.2 Å². The van der Waals surface area contributed by atoms with Crippen LogP contribution in [0.1, 0.15) is 11.2 Å². The number of hydrogen-bond acceptors (Lipinski definition) is 3. The number of carbonyl (C=O) groups is 1. The Balaban J connectivity index is 2.62. The summed E-state index contributed by atoms with van der Waals surface area (Å²) in [5.41, 5.74) is 0. The molecule has 1 aromatic heterocycles. The Morgan fingerprint density at radius 1 is 1.60 bits per heavy atom. The van der Waals surface area contributed by atoms with Crippen LogP contribution in [0.25, 0.3) is 0 Å². The maximum Gasteiger partial charge on any atom is 0.254 e. The molecule has 1 aromatic rings. The predicted molar refractivity (Wildman–Crippen MR) is 35.6 cm³/mol. The summed E-state index contributed by atoms with van der Waals surface area (Å²) in [4.78, 5) is 14.9. The van der Waals surface area contributed by atoms with E-state index < -0.39 is 0 Å². The highest BCUT2D eigenvalue weighted by Crippen LogP contribution is 2.13. The monoisotopic (exact) mass is 135 g/mol. The van der Waals surface area contributed by atoms with Crippen molar-refractivity contribution < 1.29 is 4.79 Å². The molecule has 0 radical (unpaired) electrons. The zero-order valence-electron chi connectivity index (χ0n) is 5.19. The van der Waals surface area contributed by atoms with Crippen molar-refractivity contribution in [1.29, 1.82) is 0 Å². The predicted octanol–water partition coefficient (Wildman–Crippen LogP) is 0.629. The van der Waals surface area contributed by atoms with Crippen molar-refractivity contribution >= 4 is 17.9 Å². The molecule has 1 aliphatic heterocycles. The fourth-order valence-electron chi connectivity index (χ4n) is 0.890. The van der Waals surface area contributed by atoms with Crippen LogP contribution < -0.4 is 0 Å². The highest BCUT2D eigenvalue weighted by molar-refractivity contribution is 5.95. The van der Waals surface area contributed by atoms with E-state index in [1.807, 2.05) is 0 Å². The van der Waals surface area contributed by atoms with Crippen LogP contribution in [0.5, 0.6) is 0 Å². The van der Waals surface area contributed by atoms with E-state index >= 15 is 0 Å². The second-order valence-corrected chi connectivity index (χ2v) is 2.01. The molecule has 0 saturated heterocycles. The number of carbonyl (C=O) groups excluding carboxylic acids is 1. The maximum absolute atomic E-state index is 11.0. The molecule has 2 rings (SSSR count). The van der Waals surface area contributed by atoms with Gasteiger partial charge in [0.2, 0.25) is 0 Å². The van der Waals surface area contributed by atoms with Crippen molar-refractivity contribution in [3.05, 3.63) is 12.3 Å². The minimum Gasteiger partial charge on any atom is -0.272 e. The molecule has 4 nitrogen and oxygen atoms in total. The minimum atomic E-state index is -0.0185. The van der Waals surface area contributed by atoms with Gasteiger partial charge in [-0.2, -0.15) is 9.78 Å². The first-order valence-electron chi connectivity index (χ1n) is 2.98. The number of nitrogens with zero attached hydrogens (tertiary/aromatic N) is 3. The van der Waals surface area contributed by atoms with E-state index in [1.165, 1.54) is 4.68 Å². The summed E-state index contributed by atoms with van der Waals surface area (Å²) >= 11 is 0. The van der Waals surface area contributed by atoms with Gasteiger partial charge < -0.3 is 0 Å². The minimum absolute atomic E-state index is 0.0185. The smallest absolute Gasteiger partial charge is 0.254 e. The van der Waals surface area contributed by atoms with Gasteiger partial charge in [0.1, 0.15) is 0 Å². The molecule has 0 unspecified atom stereocenters. The lowest BCUT2D eigenvalue weighted by Gasteiger charge is -2.03. The summed E-state index contributed by atoms with van der Waals surface area (Å²) in [5, 5.41) is 3.79. The van der Waals surface area contributed by atoms with Gasteiger partial charge in [-0.1, -0.05) is 0 Å². The lowest BCUT2D eigenvalue weighted by Crippen LogP contribution is -2.14. The van der Waals surface area contributed by atoms with Gasteiger partial charge in [0.25, 0.3) is 5.91 Å².